The van der Waals surface area contributed by atoms with Crippen LogP contribution in [0.25, 0.3) is 0 Å². The zero-order valence-corrected chi connectivity index (χ0v) is 10.2. The second-order valence-electron chi connectivity index (χ2n) is 4.06. The molecule has 1 aromatic rings. The zero-order chi connectivity index (χ0) is 14.6. The van der Waals surface area contributed by atoms with E-state index in [2.05, 4.69) is 5.32 Å². The van der Waals surface area contributed by atoms with Crippen LogP contribution in [0.2, 0.25) is 0 Å². The largest absolute Gasteiger partial charge is 0.507 e. The molecule has 0 aromatic heterocycles. The van der Waals surface area contributed by atoms with Crippen LogP contribution in [-0.4, -0.2) is 34.0 Å². The highest BCUT2D eigenvalue weighted by molar-refractivity contribution is 5.99. The van der Waals surface area contributed by atoms with Gasteiger partial charge in [-0.3, -0.25) is 9.59 Å². The first-order valence-corrected chi connectivity index (χ1v) is 5.43. The highest BCUT2D eigenvalue weighted by Gasteiger charge is 2.23. The maximum atomic E-state index is 11.8. The van der Waals surface area contributed by atoms with Gasteiger partial charge < -0.3 is 21.3 Å². The summed E-state index contributed by atoms with van der Waals surface area (Å²) in [6.07, 6.45) is -0.520. The highest BCUT2D eigenvalue weighted by Crippen LogP contribution is 2.18. The van der Waals surface area contributed by atoms with E-state index in [1.807, 2.05) is 0 Å². The molecule has 0 aliphatic carbocycles. The summed E-state index contributed by atoms with van der Waals surface area (Å²) in [6, 6.07) is 2.91. The molecule has 1 atom stereocenters. The monoisotopic (exact) mass is 266 g/mol. The van der Waals surface area contributed by atoms with Crippen molar-refractivity contribution in [3.05, 3.63) is 29.3 Å². The molecule has 1 rings (SSSR count). The number of aryl methyl sites for hydroxylation is 1. The lowest BCUT2D eigenvalue weighted by molar-refractivity contribution is -0.140. The normalized spacial score (nSPS) is 11.6. The molecule has 0 aliphatic heterocycles. The first kappa shape index (κ1) is 14.5. The second-order valence-corrected chi connectivity index (χ2v) is 4.06. The van der Waals surface area contributed by atoms with E-state index >= 15 is 0 Å². The second kappa shape index (κ2) is 5.85. The number of phenolic OH excluding ortho intramolecular Hbond substituents is 1. The van der Waals surface area contributed by atoms with Crippen molar-refractivity contribution in [2.24, 2.45) is 5.73 Å². The minimum atomic E-state index is -1.43. The summed E-state index contributed by atoms with van der Waals surface area (Å²) in [5.41, 5.74) is 5.56. The van der Waals surface area contributed by atoms with Gasteiger partial charge in [-0.2, -0.15) is 0 Å². The van der Waals surface area contributed by atoms with E-state index in [1.165, 1.54) is 12.1 Å². The smallest absolute Gasteiger partial charge is 0.326 e. The summed E-state index contributed by atoms with van der Waals surface area (Å²) in [5, 5.41) is 20.5. The van der Waals surface area contributed by atoms with Gasteiger partial charge in [-0.25, -0.2) is 4.79 Å². The fourth-order valence-electron chi connectivity index (χ4n) is 1.47. The number of nitrogens with one attached hydrogen (secondary N) is 1. The molecule has 5 N–H and O–H groups in total. The number of carbonyl (C=O) groups is 3. The molecular weight excluding hydrogens is 252 g/mol. The average Bonchev–Trinajstić information content (AvgIpc) is 2.30. The Morgan fingerprint density at radius 2 is 2.00 bits per heavy atom. The molecule has 0 radical (unpaired) electrons. The van der Waals surface area contributed by atoms with Crippen molar-refractivity contribution in [2.45, 2.75) is 19.4 Å². The van der Waals surface area contributed by atoms with Gasteiger partial charge in [0.15, 0.2) is 0 Å². The Kier molecular flexibility index (Phi) is 4.46. The molecule has 1 aromatic carbocycles. The Hall–Kier alpha value is -2.57. The third-order valence-corrected chi connectivity index (χ3v) is 2.41. The number of primary amides is 1. The first-order valence-electron chi connectivity index (χ1n) is 5.43. The highest BCUT2D eigenvalue weighted by atomic mass is 16.4. The molecule has 1 unspecified atom stereocenters. The maximum Gasteiger partial charge on any atom is 0.326 e. The van der Waals surface area contributed by atoms with Crippen LogP contribution in [0.15, 0.2) is 18.2 Å². The summed E-state index contributed by atoms with van der Waals surface area (Å²) in [4.78, 5) is 33.4. The first-order chi connectivity index (χ1) is 8.81. The Morgan fingerprint density at radius 3 is 2.53 bits per heavy atom. The molecule has 0 heterocycles. The van der Waals surface area contributed by atoms with E-state index < -0.39 is 30.2 Å². The number of aromatic hydroxyl groups is 1. The van der Waals surface area contributed by atoms with Crippen molar-refractivity contribution in [2.75, 3.05) is 0 Å². The summed E-state index contributed by atoms with van der Waals surface area (Å²) in [5.74, 6) is -3.28. The van der Waals surface area contributed by atoms with Crippen molar-refractivity contribution in [1.82, 2.24) is 5.32 Å². The third-order valence-electron chi connectivity index (χ3n) is 2.41. The molecule has 0 aliphatic rings. The zero-order valence-electron chi connectivity index (χ0n) is 10.2. The number of amides is 2. The van der Waals surface area contributed by atoms with Gasteiger partial charge >= 0.3 is 5.97 Å². The van der Waals surface area contributed by atoms with Crippen molar-refractivity contribution >= 4 is 17.8 Å². The summed E-state index contributed by atoms with van der Waals surface area (Å²) >= 11 is 0. The number of carbonyl (C=O) groups excluding carboxylic acids is 2. The molecule has 2 amide bonds. The van der Waals surface area contributed by atoms with E-state index in [-0.39, 0.29) is 11.3 Å². The molecule has 0 saturated heterocycles. The standard InChI is InChI=1S/C12H14N2O5/c1-6-2-3-9(15)7(4-6)11(17)14-8(12(18)19)5-10(13)16/h2-4,8,15H,5H2,1H3,(H2,13,16)(H,14,17)(H,18,19). The number of carboxylic acid groups (broad SMARTS) is 1. The lowest BCUT2D eigenvalue weighted by atomic mass is 10.1. The number of benzene rings is 1. The molecule has 19 heavy (non-hydrogen) atoms. The number of hydrogen-bond donors (Lipinski definition) is 4. The van der Waals surface area contributed by atoms with Crippen LogP contribution in [0.3, 0.4) is 0 Å². The molecule has 0 fully saturated rings. The van der Waals surface area contributed by atoms with Crippen LogP contribution in [-0.2, 0) is 9.59 Å². The average molecular weight is 266 g/mol. The van der Waals surface area contributed by atoms with Gasteiger partial charge in [0, 0.05) is 0 Å². The minimum absolute atomic E-state index is 0.0595. The number of hydrogen-bond acceptors (Lipinski definition) is 4. The number of nitrogens with two attached hydrogens (primary N) is 1. The van der Waals surface area contributed by atoms with Crippen molar-refractivity contribution < 1.29 is 24.6 Å². The topological polar surface area (TPSA) is 130 Å². The molecule has 0 saturated carbocycles. The van der Waals surface area contributed by atoms with Crippen LogP contribution in [0.4, 0.5) is 0 Å². The third kappa shape index (κ3) is 3.98. The number of aliphatic carboxylic acids is 1. The minimum Gasteiger partial charge on any atom is -0.507 e. The molecular formula is C12H14N2O5. The van der Waals surface area contributed by atoms with Crippen molar-refractivity contribution in [1.29, 1.82) is 0 Å². The number of carboxylic acids is 1. The quantitative estimate of drug-likeness (QED) is 0.584. The number of rotatable bonds is 5. The fraction of sp³-hybridized carbons (Fsp3) is 0.250. The van der Waals surface area contributed by atoms with Gasteiger partial charge in [0.2, 0.25) is 5.91 Å². The van der Waals surface area contributed by atoms with Crippen LogP contribution >= 0.6 is 0 Å². The van der Waals surface area contributed by atoms with Gasteiger partial charge in [0.1, 0.15) is 11.8 Å². The van der Waals surface area contributed by atoms with Crippen LogP contribution < -0.4 is 11.1 Å². The van der Waals surface area contributed by atoms with Gasteiger partial charge in [-0.1, -0.05) is 11.6 Å². The van der Waals surface area contributed by atoms with E-state index in [0.717, 1.165) is 5.56 Å². The van der Waals surface area contributed by atoms with Gasteiger partial charge in [0.25, 0.3) is 5.91 Å². The van der Waals surface area contributed by atoms with Crippen LogP contribution in [0.1, 0.15) is 22.3 Å². The Labute approximate surface area is 109 Å². The predicted molar refractivity (Wildman–Crippen MR) is 65.5 cm³/mol. The van der Waals surface area contributed by atoms with E-state index in [9.17, 15) is 19.5 Å². The summed E-state index contributed by atoms with van der Waals surface area (Å²) < 4.78 is 0. The fourth-order valence-corrected chi connectivity index (χ4v) is 1.47. The predicted octanol–water partition coefficient (Wildman–Crippen LogP) is -0.241. The molecule has 102 valence electrons. The number of phenols is 1. The lowest BCUT2D eigenvalue weighted by Crippen LogP contribution is -2.43. The van der Waals surface area contributed by atoms with E-state index in [4.69, 9.17) is 10.8 Å². The SMILES string of the molecule is Cc1ccc(O)c(C(=O)NC(CC(N)=O)C(=O)O)c1. The van der Waals surface area contributed by atoms with Gasteiger partial charge in [-0.15, -0.1) is 0 Å². The summed E-state index contributed by atoms with van der Waals surface area (Å²) in [7, 11) is 0. The summed E-state index contributed by atoms with van der Waals surface area (Å²) in [6.45, 7) is 1.72. The van der Waals surface area contributed by atoms with E-state index in [0.29, 0.717) is 0 Å². The Bertz CT molecular complexity index is 527. The molecule has 0 spiro atoms. The molecule has 7 heteroatoms. The maximum absolute atomic E-state index is 11.8. The molecule has 7 nitrogen and oxygen atoms in total. The van der Waals surface area contributed by atoms with Crippen molar-refractivity contribution in [3.63, 3.8) is 0 Å². The van der Waals surface area contributed by atoms with Crippen molar-refractivity contribution in [3.8, 4) is 5.75 Å². The Morgan fingerprint density at radius 1 is 1.37 bits per heavy atom. The molecule has 0 bridgehead atoms. The van der Waals surface area contributed by atoms with Crippen LogP contribution in [0, 0.1) is 6.92 Å². The van der Waals surface area contributed by atoms with Gasteiger partial charge in [0.05, 0.1) is 12.0 Å². The van der Waals surface area contributed by atoms with Gasteiger partial charge in [-0.05, 0) is 19.1 Å². The van der Waals surface area contributed by atoms with Crippen LogP contribution in [0.5, 0.6) is 5.75 Å². The Balaban J connectivity index is 2.90. The van der Waals surface area contributed by atoms with E-state index in [1.54, 1.807) is 13.0 Å². The lowest BCUT2D eigenvalue weighted by Gasteiger charge is -2.13.